The first-order chi connectivity index (χ1) is 8.70. The van der Waals surface area contributed by atoms with E-state index in [1.165, 1.54) is 6.07 Å². The van der Waals surface area contributed by atoms with E-state index in [1.54, 1.807) is 18.3 Å². The molecule has 4 heteroatoms. The molecule has 1 heterocycles. The van der Waals surface area contributed by atoms with Crippen molar-refractivity contribution in [1.82, 2.24) is 10.3 Å². The summed E-state index contributed by atoms with van der Waals surface area (Å²) in [5.74, 6) is -0.206. The van der Waals surface area contributed by atoms with Crippen LogP contribution in [0.5, 0.6) is 0 Å². The zero-order valence-electron chi connectivity index (χ0n) is 10.0. The highest BCUT2D eigenvalue weighted by atomic mass is 79.9. The van der Waals surface area contributed by atoms with Gasteiger partial charge >= 0.3 is 0 Å². The Hall–Kier alpha value is -1.26. The van der Waals surface area contributed by atoms with Gasteiger partial charge in [-0.25, -0.2) is 4.39 Å². The molecule has 2 rings (SSSR count). The summed E-state index contributed by atoms with van der Waals surface area (Å²) in [5.41, 5.74) is 1.89. The van der Waals surface area contributed by atoms with Crippen LogP contribution in [0.3, 0.4) is 0 Å². The van der Waals surface area contributed by atoms with Crippen LogP contribution in [-0.4, -0.2) is 12.0 Å². The number of benzene rings is 1. The number of nitrogens with zero attached hydrogens (tertiary/aromatic N) is 1. The molecule has 2 nitrogen and oxygen atoms in total. The fourth-order valence-corrected chi connectivity index (χ4v) is 2.42. The maximum absolute atomic E-state index is 13.2. The summed E-state index contributed by atoms with van der Waals surface area (Å²) in [6, 6.07) is 10.5. The normalized spacial score (nSPS) is 12.4. The monoisotopic (exact) mass is 308 g/mol. The number of hydrogen-bond donors (Lipinski definition) is 1. The Morgan fingerprint density at radius 3 is 2.83 bits per heavy atom. The third kappa shape index (κ3) is 3.15. The van der Waals surface area contributed by atoms with Gasteiger partial charge in [-0.15, -0.1) is 0 Å². The second-order valence-corrected chi connectivity index (χ2v) is 4.90. The molecular formula is C14H14BrFN2. The molecule has 0 spiro atoms. The SMILES string of the molecule is CNC(Cc1cccc(F)c1)c1ncccc1Br. The van der Waals surface area contributed by atoms with E-state index in [1.807, 2.05) is 25.2 Å². The minimum Gasteiger partial charge on any atom is -0.311 e. The lowest BCUT2D eigenvalue weighted by Gasteiger charge is -2.17. The predicted molar refractivity (Wildman–Crippen MR) is 73.8 cm³/mol. The van der Waals surface area contributed by atoms with Crippen LogP contribution in [0.2, 0.25) is 0 Å². The van der Waals surface area contributed by atoms with Crippen LogP contribution >= 0.6 is 15.9 Å². The van der Waals surface area contributed by atoms with Crippen molar-refractivity contribution in [1.29, 1.82) is 0 Å². The molecule has 0 amide bonds. The maximum atomic E-state index is 13.2. The lowest BCUT2D eigenvalue weighted by atomic mass is 10.0. The summed E-state index contributed by atoms with van der Waals surface area (Å²) in [4.78, 5) is 4.36. The van der Waals surface area contributed by atoms with Crippen molar-refractivity contribution >= 4 is 15.9 Å². The molecule has 1 aromatic heterocycles. The first-order valence-electron chi connectivity index (χ1n) is 5.73. The smallest absolute Gasteiger partial charge is 0.123 e. The summed E-state index contributed by atoms with van der Waals surface area (Å²) in [6.07, 6.45) is 2.46. The lowest BCUT2D eigenvalue weighted by Crippen LogP contribution is -2.20. The van der Waals surface area contributed by atoms with E-state index in [0.29, 0.717) is 6.42 Å². The molecule has 1 N–H and O–H groups in total. The Balaban J connectivity index is 2.23. The number of hydrogen-bond acceptors (Lipinski definition) is 2. The Bertz CT molecular complexity index is 531. The van der Waals surface area contributed by atoms with Gasteiger partial charge in [0.2, 0.25) is 0 Å². The van der Waals surface area contributed by atoms with Gasteiger partial charge < -0.3 is 5.32 Å². The van der Waals surface area contributed by atoms with Gasteiger partial charge in [-0.05, 0) is 59.2 Å². The van der Waals surface area contributed by atoms with Crippen LogP contribution in [0.25, 0.3) is 0 Å². The van der Waals surface area contributed by atoms with Gasteiger partial charge in [0, 0.05) is 10.7 Å². The van der Waals surface area contributed by atoms with Crippen LogP contribution in [0.1, 0.15) is 17.3 Å². The minimum absolute atomic E-state index is 0.0578. The molecular weight excluding hydrogens is 295 g/mol. The zero-order chi connectivity index (χ0) is 13.0. The molecule has 1 atom stereocenters. The van der Waals surface area contributed by atoms with Crippen molar-refractivity contribution in [2.45, 2.75) is 12.5 Å². The van der Waals surface area contributed by atoms with Gasteiger partial charge in [-0.1, -0.05) is 12.1 Å². The standard InChI is InChI=1S/C14H14BrFN2/c1-17-13(14-12(15)6-3-7-18-14)9-10-4-2-5-11(16)8-10/h2-8,13,17H,9H2,1H3. The number of likely N-dealkylation sites (N-methyl/N-ethyl adjacent to an activating group) is 1. The van der Waals surface area contributed by atoms with Crippen molar-refractivity contribution < 1.29 is 4.39 Å². The van der Waals surface area contributed by atoms with E-state index in [2.05, 4.69) is 26.2 Å². The third-order valence-electron chi connectivity index (χ3n) is 2.79. The van der Waals surface area contributed by atoms with E-state index in [0.717, 1.165) is 15.7 Å². The first kappa shape index (κ1) is 13.2. The predicted octanol–water partition coefficient (Wildman–Crippen LogP) is 3.49. The van der Waals surface area contributed by atoms with Gasteiger partial charge in [-0.2, -0.15) is 0 Å². The largest absolute Gasteiger partial charge is 0.311 e. The highest BCUT2D eigenvalue weighted by Crippen LogP contribution is 2.23. The second kappa shape index (κ2) is 6.07. The van der Waals surface area contributed by atoms with Gasteiger partial charge in [0.15, 0.2) is 0 Å². The molecule has 0 bridgehead atoms. The molecule has 2 aromatic rings. The van der Waals surface area contributed by atoms with E-state index in [-0.39, 0.29) is 11.9 Å². The fourth-order valence-electron chi connectivity index (χ4n) is 1.89. The summed E-state index contributed by atoms with van der Waals surface area (Å²) >= 11 is 3.49. The number of pyridine rings is 1. The van der Waals surface area contributed by atoms with Crippen molar-refractivity contribution in [2.75, 3.05) is 7.05 Å². The second-order valence-electron chi connectivity index (χ2n) is 4.05. The Morgan fingerprint density at radius 1 is 1.33 bits per heavy atom. The van der Waals surface area contributed by atoms with Crippen LogP contribution in [0, 0.1) is 5.82 Å². The molecule has 94 valence electrons. The first-order valence-corrected chi connectivity index (χ1v) is 6.52. The zero-order valence-corrected chi connectivity index (χ0v) is 11.6. The molecule has 0 saturated heterocycles. The number of nitrogens with one attached hydrogen (secondary N) is 1. The maximum Gasteiger partial charge on any atom is 0.123 e. The highest BCUT2D eigenvalue weighted by molar-refractivity contribution is 9.10. The Morgan fingerprint density at radius 2 is 2.17 bits per heavy atom. The van der Waals surface area contributed by atoms with Crippen LogP contribution in [0.15, 0.2) is 47.1 Å². The molecule has 0 fully saturated rings. The summed E-state index contributed by atoms with van der Waals surface area (Å²) < 4.78 is 14.1. The van der Waals surface area contributed by atoms with Crippen LogP contribution in [-0.2, 0) is 6.42 Å². The van der Waals surface area contributed by atoms with Gasteiger partial charge in [0.05, 0.1) is 11.7 Å². The Labute approximate surface area is 114 Å². The average molecular weight is 309 g/mol. The quantitative estimate of drug-likeness (QED) is 0.935. The fraction of sp³-hybridized carbons (Fsp3) is 0.214. The summed E-state index contributed by atoms with van der Waals surface area (Å²) in [5, 5.41) is 3.21. The lowest BCUT2D eigenvalue weighted by molar-refractivity contribution is 0.568. The molecule has 1 unspecified atom stereocenters. The third-order valence-corrected chi connectivity index (χ3v) is 3.46. The van der Waals surface area contributed by atoms with Gasteiger partial charge in [-0.3, -0.25) is 4.98 Å². The number of halogens is 2. The number of rotatable bonds is 4. The molecule has 0 aliphatic heterocycles. The topological polar surface area (TPSA) is 24.9 Å². The van der Waals surface area contributed by atoms with Crippen LogP contribution in [0.4, 0.5) is 4.39 Å². The molecule has 0 radical (unpaired) electrons. The van der Waals surface area contributed by atoms with Crippen molar-refractivity contribution in [3.05, 3.63) is 64.1 Å². The van der Waals surface area contributed by atoms with Gasteiger partial charge in [0.25, 0.3) is 0 Å². The highest BCUT2D eigenvalue weighted by Gasteiger charge is 2.14. The summed E-state index contributed by atoms with van der Waals surface area (Å²) in [6.45, 7) is 0. The summed E-state index contributed by atoms with van der Waals surface area (Å²) in [7, 11) is 1.88. The molecule has 0 saturated carbocycles. The van der Waals surface area contributed by atoms with E-state index in [9.17, 15) is 4.39 Å². The van der Waals surface area contributed by atoms with Crippen LogP contribution < -0.4 is 5.32 Å². The minimum atomic E-state index is -0.206. The van der Waals surface area contributed by atoms with Gasteiger partial charge in [0.1, 0.15) is 5.82 Å². The Kier molecular flexibility index (Phi) is 4.44. The molecule has 18 heavy (non-hydrogen) atoms. The van der Waals surface area contributed by atoms with Crippen molar-refractivity contribution in [3.8, 4) is 0 Å². The van der Waals surface area contributed by atoms with E-state index >= 15 is 0 Å². The molecule has 0 aliphatic carbocycles. The van der Waals surface area contributed by atoms with Crippen molar-refractivity contribution in [3.63, 3.8) is 0 Å². The number of aromatic nitrogens is 1. The molecule has 1 aromatic carbocycles. The molecule has 0 aliphatic rings. The van der Waals surface area contributed by atoms with Crippen molar-refractivity contribution in [2.24, 2.45) is 0 Å². The van der Waals surface area contributed by atoms with E-state index < -0.39 is 0 Å². The average Bonchev–Trinajstić information content (AvgIpc) is 2.37. The van der Waals surface area contributed by atoms with E-state index in [4.69, 9.17) is 0 Å².